The van der Waals surface area contributed by atoms with E-state index in [1.54, 1.807) is 12.4 Å². The standard InChI is InChI=1S/C16H19N3O/c1-12(15-3-2-8-18-11-15)19-16(20)9-13-4-6-14(10-17)7-5-13/h2-8,11-12H,9-10,17H2,1H3,(H,19,20). The molecule has 0 fully saturated rings. The third kappa shape index (κ3) is 3.90. The monoisotopic (exact) mass is 269 g/mol. The van der Waals surface area contributed by atoms with Gasteiger partial charge in [0, 0.05) is 18.9 Å². The van der Waals surface area contributed by atoms with Crippen molar-refractivity contribution in [1.82, 2.24) is 10.3 Å². The van der Waals surface area contributed by atoms with Gasteiger partial charge in [0.15, 0.2) is 0 Å². The third-order valence-electron chi connectivity index (χ3n) is 3.19. The number of nitrogens with two attached hydrogens (primary N) is 1. The summed E-state index contributed by atoms with van der Waals surface area (Å²) in [5.74, 6) is 0.00171. The Morgan fingerprint density at radius 2 is 1.95 bits per heavy atom. The van der Waals surface area contributed by atoms with Crippen molar-refractivity contribution < 1.29 is 4.79 Å². The normalized spacial score (nSPS) is 11.9. The highest BCUT2D eigenvalue weighted by Crippen LogP contribution is 2.10. The van der Waals surface area contributed by atoms with E-state index in [2.05, 4.69) is 10.3 Å². The maximum Gasteiger partial charge on any atom is 0.224 e. The molecule has 1 heterocycles. The summed E-state index contributed by atoms with van der Waals surface area (Å²) >= 11 is 0. The molecule has 1 aromatic heterocycles. The van der Waals surface area contributed by atoms with Crippen molar-refractivity contribution >= 4 is 5.91 Å². The summed E-state index contributed by atoms with van der Waals surface area (Å²) in [5.41, 5.74) is 8.60. The lowest BCUT2D eigenvalue weighted by Crippen LogP contribution is -2.28. The van der Waals surface area contributed by atoms with Gasteiger partial charge in [0.2, 0.25) is 5.91 Å². The molecule has 0 saturated carbocycles. The SMILES string of the molecule is CC(NC(=O)Cc1ccc(CN)cc1)c1cccnc1. The minimum Gasteiger partial charge on any atom is -0.349 e. The summed E-state index contributed by atoms with van der Waals surface area (Å²) in [6, 6.07) is 11.6. The zero-order valence-corrected chi connectivity index (χ0v) is 11.5. The van der Waals surface area contributed by atoms with Crippen LogP contribution in [0.4, 0.5) is 0 Å². The van der Waals surface area contributed by atoms with E-state index in [4.69, 9.17) is 5.73 Å². The van der Waals surface area contributed by atoms with Gasteiger partial charge < -0.3 is 11.1 Å². The van der Waals surface area contributed by atoms with Crippen LogP contribution < -0.4 is 11.1 Å². The molecule has 1 atom stereocenters. The molecule has 4 nitrogen and oxygen atoms in total. The average Bonchev–Trinajstić information content (AvgIpc) is 2.49. The topological polar surface area (TPSA) is 68.0 Å². The molecule has 1 unspecified atom stereocenters. The van der Waals surface area contributed by atoms with Crippen LogP contribution in [0, 0.1) is 0 Å². The first-order chi connectivity index (χ1) is 9.69. The first kappa shape index (κ1) is 14.2. The maximum atomic E-state index is 12.0. The first-order valence-corrected chi connectivity index (χ1v) is 6.66. The maximum absolute atomic E-state index is 12.0. The minimum absolute atomic E-state index is 0.00171. The number of hydrogen-bond donors (Lipinski definition) is 2. The van der Waals surface area contributed by atoms with Crippen molar-refractivity contribution in [2.24, 2.45) is 5.73 Å². The molecule has 2 rings (SSSR count). The molecule has 1 amide bonds. The Labute approximate surface area is 119 Å². The predicted molar refractivity (Wildman–Crippen MR) is 78.8 cm³/mol. The van der Waals surface area contributed by atoms with Crippen LogP contribution in [0.5, 0.6) is 0 Å². The molecule has 0 aliphatic carbocycles. The molecule has 104 valence electrons. The summed E-state index contributed by atoms with van der Waals surface area (Å²) in [4.78, 5) is 16.0. The number of nitrogens with zero attached hydrogens (tertiary/aromatic N) is 1. The van der Waals surface area contributed by atoms with Crippen LogP contribution in [0.2, 0.25) is 0 Å². The molecule has 1 aromatic carbocycles. The number of carbonyl (C=O) groups is 1. The third-order valence-corrected chi connectivity index (χ3v) is 3.19. The first-order valence-electron chi connectivity index (χ1n) is 6.66. The molecule has 3 N–H and O–H groups in total. The van der Waals surface area contributed by atoms with E-state index in [0.29, 0.717) is 13.0 Å². The number of amides is 1. The highest BCUT2D eigenvalue weighted by molar-refractivity contribution is 5.79. The Hall–Kier alpha value is -2.20. The van der Waals surface area contributed by atoms with Crippen LogP contribution in [0.1, 0.15) is 29.7 Å². The molecular formula is C16H19N3O. The van der Waals surface area contributed by atoms with Gasteiger partial charge in [0.05, 0.1) is 12.5 Å². The fourth-order valence-corrected chi connectivity index (χ4v) is 1.99. The number of carbonyl (C=O) groups excluding carboxylic acids is 1. The summed E-state index contributed by atoms with van der Waals surface area (Å²) in [5, 5.41) is 2.97. The number of aromatic nitrogens is 1. The number of hydrogen-bond acceptors (Lipinski definition) is 3. The van der Waals surface area contributed by atoms with Crippen LogP contribution in [0.25, 0.3) is 0 Å². The van der Waals surface area contributed by atoms with Gasteiger partial charge in [-0.2, -0.15) is 0 Å². The lowest BCUT2D eigenvalue weighted by Gasteiger charge is -2.14. The van der Waals surface area contributed by atoms with E-state index < -0.39 is 0 Å². The van der Waals surface area contributed by atoms with Crippen LogP contribution >= 0.6 is 0 Å². The van der Waals surface area contributed by atoms with Gasteiger partial charge in [-0.25, -0.2) is 0 Å². The highest BCUT2D eigenvalue weighted by Gasteiger charge is 2.10. The summed E-state index contributed by atoms with van der Waals surface area (Å²) in [7, 11) is 0. The Morgan fingerprint density at radius 3 is 2.55 bits per heavy atom. The second-order valence-corrected chi connectivity index (χ2v) is 4.77. The number of pyridine rings is 1. The van der Waals surface area contributed by atoms with Crippen LogP contribution in [-0.4, -0.2) is 10.9 Å². The number of rotatable bonds is 5. The van der Waals surface area contributed by atoms with Gasteiger partial charge in [-0.3, -0.25) is 9.78 Å². The van der Waals surface area contributed by atoms with Gasteiger partial charge in [-0.05, 0) is 29.7 Å². The van der Waals surface area contributed by atoms with Crippen molar-refractivity contribution in [2.75, 3.05) is 0 Å². The largest absolute Gasteiger partial charge is 0.349 e. The lowest BCUT2D eigenvalue weighted by atomic mass is 10.1. The van der Waals surface area contributed by atoms with Crippen LogP contribution in [0.15, 0.2) is 48.8 Å². The van der Waals surface area contributed by atoms with E-state index in [1.807, 2.05) is 43.3 Å². The Balaban J connectivity index is 1.91. The van der Waals surface area contributed by atoms with E-state index in [-0.39, 0.29) is 11.9 Å². The van der Waals surface area contributed by atoms with E-state index >= 15 is 0 Å². The Bertz CT molecular complexity index is 552. The van der Waals surface area contributed by atoms with Crippen molar-refractivity contribution in [2.45, 2.75) is 25.9 Å². The Morgan fingerprint density at radius 1 is 1.25 bits per heavy atom. The molecule has 4 heteroatoms. The molecule has 0 saturated heterocycles. The summed E-state index contributed by atoms with van der Waals surface area (Å²) in [6.45, 7) is 2.47. The number of nitrogens with one attached hydrogen (secondary N) is 1. The molecule has 0 aliphatic rings. The molecule has 2 aromatic rings. The van der Waals surface area contributed by atoms with Gasteiger partial charge in [-0.1, -0.05) is 30.3 Å². The van der Waals surface area contributed by atoms with Gasteiger partial charge in [-0.15, -0.1) is 0 Å². The fourth-order valence-electron chi connectivity index (χ4n) is 1.99. The minimum atomic E-state index is -0.0421. The smallest absolute Gasteiger partial charge is 0.224 e. The molecule has 0 spiro atoms. The molecule has 20 heavy (non-hydrogen) atoms. The molecule has 0 bridgehead atoms. The van der Waals surface area contributed by atoms with Crippen LogP contribution in [-0.2, 0) is 17.8 Å². The zero-order chi connectivity index (χ0) is 14.4. The van der Waals surface area contributed by atoms with Gasteiger partial charge >= 0.3 is 0 Å². The van der Waals surface area contributed by atoms with Crippen LogP contribution in [0.3, 0.4) is 0 Å². The van der Waals surface area contributed by atoms with E-state index in [0.717, 1.165) is 16.7 Å². The van der Waals surface area contributed by atoms with Crippen molar-refractivity contribution in [3.63, 3.8) is 0 Å². The zero-order valence-electron chi connectivity index (χ0n) is 11.5. The molecule has 0 radical (unpaired) electrons. The second-order valence-electron chi connectivity index (χ2n) is 4.77. The van der Waals surface area contributed by atoms with E-state index in [1.165, 1.54) is 0 Å². The number of benzene rings is 1. The molecule has 0 aliphatic heterocycles. The van der Waals surface area contributed by atoms with Gasteiger partial charge in [0.25, 0.3) is 0 Å². The summed E-state index contributed by atoms with van der Waals surface area (Å²) < 4.78 is 0. The van der Waals surface area contributed by atoms with Crippen molar-refractivity contribution in [3.8, 4) is 0 Å². The quantitative estimate of drug-likeness (QED) is 0.872. The predicted octanol–water partition coefficient (Wildman–Crippen LogP) is 1.96. The summed E-state index contributed by atoms with van der Waals surface area (Å²) in [6.07, 6.45) is 3.85. The van der Waals surface area contributed by atoms with Crippen molar-refractivity contribution in [1.29, 1.82) is 0 Å². The van der Waals surface area contributed by atoms with Crippen molar-refractivity contribution in [3.05, 3.63) is 65.5 Å². The lowest BCUT2D eigenvalue weighted by molar-refractivity contribution is -0.121. The highest BCUT2D eigenvalue weighted by atomic mass is 16.1. The fraction of sp³-hybridized carbons (Fsp3) is 0.250. The van der Waals surface area contributed by atoms with E-state index in [9.17, 15) is 4.79 Å². The molecular weight excluding hydrogens is 250 g/mol. The van der Waals surface area contributed by atoms with Gasteiger partial charge in [0.1, 0.15) is 0 Å². The average molecular weight is 269 g/mol. The Kier molecular flexibility index (Phi) is 4.85. The second kappa shape index (κ2) is 6.82.